The lowest BCUT2D eigenvalue weighted by Crippen LogP contribution is -2.51. The first kappa shape index (κ1) is 32.5. The molecule has 2 aromatic heterocycles. The molecule has 1 atom stereocenters. The van der Waals surface area contributed by atoms with Crippen LogP contribution in [0.2, 0.25) is 0 Å². The van der Waals surface area contributed by atoms with E-state index in [0.717, 1.165) is 57.0 Å². The van der Waals surface area contributed by atoms with Gasteiger partial charge in [0.15, 0.2) is 17.4 Å². The summed E-state index contributed by atoms with van der Waals surface area (Å²) in [5, 5.41) is 14.0. The Morgan fingerprint density at radius 2 is 1.79 bits per heavy atom. The highest BCUT2D eigenvalue weighted by Gasteiger charge is 2.45. The molecule has 48 heavy (non-hydrogen) atoms. The van der Waals surface area contributed by atoms with E-state index in [-0.39, 0.29) is 50.9 Å². The third-order valence-electron chi connectivity index (χ3n) is 9.92. The van der Waals surface area contributed by atoms with Crippen molar-refractivity contribution in [2.75, 3.05) is 44.2 Å². The summed E-state index contributed by atoms with van der Waals surface area (Å²) in [4.78, 5) is 18.6. The average Bonchev–Trinajstić information content (AvgIpc) is 3.61. The fourth-order valence-electron chi connectivity index (χ4n) is 7.89. The normalized spacial score (nSPS) is 20.2. The number of hydrogen-bond donors (Lipinski definition) is 2. The minimum atomic E-state index is -5.23. The molecular formula is C34H37F5N6O3. The lowest BCUT2D eigenvalue weighted by molar-refractivity contribution is -0.275. The molecule has 0 aliphatic carbocycles. The van der Waals surface area contributed by atoms with Crippen LogP contribution in [0.5, 0.6) is 17.5 Å². The van der Waals surface area contributed by atoms with E-state index in [4.69, 9.17) is 9.72 Å². The molecule has 4 aliphatic rings. The van der Waals surface area contributed by atoms with Crippen molar-refractivity contribution in [3.63, 3.8) is 0 Å². The Hall–Kier alpha value is -4.04. The molecule has 14 heteroatoms. The maximum atomic E-state index is 16.9. The number of aromatic nitrogens is 3. The minimum absolute atomic E-state index is 0.00436. The molecule has 0 saturated carbocycles. The van der Waals surface area contributed by atoms with Gasteiger partial charge in [-0.3, -0.25) is 4.90 Å². The summed E-state index contributed by atoms with van der Waals surface area (Å²) in [6, 6.07) is 4.24. The lowest BCUT2D eigenvalue weighted by Gasteiger charge is -2.36. The lowest BCUT2D eigenvalue weighted by atomic mass is 9.95. The number of hydrogen-bond acceptors (Lipinski definition) is 9. The Morgan fingerprint density at radius 3 is 2.54 bits per heavy atom. The number of pyridine rings is 1. The Morgan fingerprint density at radius 1 is 1.02 bits per heavy atom. The predicted molar refractivity (Wildman–Crippen MR) is 170 cm³/mol. The van der Waals surface area contributed by atoms with Gasteiger partial charge in [0, 0.05) is 36.6 Å². The van der Waals surface area contributed by atoms with Crippen LogP contribution < -0.4 is 19.7 Å². The molecule has 0 unspecified atom stereocenters. The molecule has 0 radical (unpaired) electrons. The molecule has 3 saturated heterocycles. The van der Waals surface area contributed by atoms with Crippen LogP contribution in [0.1, 0.15) is 51.6 Å². The fourth-order valence-corrected chi connectivity index (χ4v) is 7.89. The van der Waals surface area contributed by atoms with E-state index in [9.17, 15) is 22.7 Å². The minimum Gasteiger partial charge on any atom is -0.508 e. The number of rotatable bonds is 5. The van der Waals surface area contributed by atoms with Crippen molar-refractivity contribution < 1.29 is 36.5 Å². The molecular weight excluding hydrogens is 635 g/mol. The number of aromatic hydroxyl groups is 1. The third-order valence-corrected chi connectivity index (χ3v) is 9.92. The molecule has 9 nitrogen and oxygen atoms in total. The molecule has 0 spiro atoms. The first-order chi connectivity index (χ1) is 23.1. The van der Waals surface area contributed by atoms with Crippen molar-refractivity contribution in [2.45, 2.75) is 70.3 Å². The first-order valence-corrected chi connectivity index (χ1v) is 16.6. The highest BCUT2D eigenvalue weighted by Crippen LogP contribution is 2.45. The third kappa shape index (κ3) is 5.62. The predicted octanol–water partition coefficient (Wildman–Crippen LogP) is 6.49. The van der Waals surface area contributed by atoms with Gasteiger partial charge < -0.3 is 24.8 Å². The molecule has 0 bridgehead atoms. The van der Waals surface area contributed by atoms with Gasteiger partial charge in [0.2, 0.25) is 0 Å². The van der Waals surface area contributed by atoms with Crippen LogP contribution in [0, 0.1) is 11.6 Å². The number of phenolic OH excluding ortho intramolecular Hbond substituents is 1. The fraction of sp³-hybridized carbons (Fsp3) is 0.500. The Balaban J connectivity index is 0.00000179. The summed E-state index contributed by atoms with van der Waals surface area (Å²) in [5.74, 6) is -3.26. The maximum Gasteiger partial charge on any atom is 0.573 e. The molecule has 8 rings (SSSR count). The van der Waals surface area contributed by atoms with Crippen LogP contribution in [0.4, 0.5) is 27.8 Å². The quantitative estimate of drug-likeness (QED) is 0.231. The summed E-state index contributed by atoms with van der Waals surface area (Å²) in [6.45, 7) is 8.35. The summed E-state index contributed by atoms with van der Waals surface area (Å²) in [5.41, 5.74) is -0.410. The van der Waals surface area contributed by atoms with Gasteiger partial charge in [0.1, 0.15) is 29.4 Å². The summed E-state index contributed by atoms with van der Waals surface area (Å²) in [7, 11) is 0. The van der Waals surface area contributed by atoms with Crippen LogP contribution in [0.15, 0.2) is 24.3 Å². The Kier molecular flexibility index (Phi) is 8.43. The molecule has 3 fully saturated rings. The summed E-state index contributed by atoms with van der Waals surface area (Å²) >= 11 is 0. The molecule has 4 aliphatic heterocycles. The number of nitrogens with zero attached hydrogens (tertiary/aromatic N) is 5. The standard InChI is InChI=1S/C32H31F5N6O3.C2H6/c33-21-5-3-17-13-19(44)14-20(23(17)28(21)46-32(35,36)37)26-25(34)27-24-22(39-26)6-4-18-15-38-9-12-43(18)29(24)41-30(40-27)45-16-31-7-1-10-42(31)11-2-8-31;1-2/h3,5,13-14,18,38,44H,1-2,4,6-12,15-16H2;1-2H3/t18-;/m1./s1. The number of ether oxygens (including phenoxy) is 2. The summed E-state index contributed by atoms with van der Waals surface area (Å²) in [6.07, 6.45) is -0.0691. The molecule has 2 N–H and O–H groups in total. The van der Waals surface area contributed by atoms with Gasteiger partial charge in [-0.25, -0.2) is 13.8 Å². The van der Waals surface area contributed by atoms with Gasteiger partial charge in [-0.1, -0.05) is 19.9 Å². The van der Waals surface area contributed by atoms with Crippen molar-refractivity contribution in [1.82, 2.24) is 25.2 Å². The second-order valence-electron chi connectivity index (χ2n) is 12.6. The van der Waals surface area contributed by atoms with E-state index in [1.165, 1.54) is 6.07 Å². The largest absolute Gasteiger partial charge is 0.573 e. The van der Waals surface area contributed by atoms with Gasteiger partial charge in [-0.05, 0) is 75.2 Å². The average molecular weight is 673 g/mol. The van der Waals surface area contributed by atoms with Crippen LogP contribution in [-0.2, 0) is 6.42 Å². The van der Waals surface area contributed by atoms with Crippen LogP contribution in [0.3, 0.4) is 0 Å². The van der Waals surface area contributed by atoms with E-state index in [1.807, 2.05) is 13.8 Å². The number of benzene rings is 2. The maximum absolute atomic E-state index is 16.9. The van der Waals surface area contributed by atoms with Gasteiger partial charge in [-0.2, -0.15) is 9.97 Å². The van der Waals surface area contributed by atoms with Gasteiger partial charge >= 0.3 is 12.4 Å². The van der Waals surface area contributed by atoms with Crippen molar-refractivity contribution in [2.24, 2.45) is 0 Å². The topological polar surface area (TPSA) is 95.9 Å². The van der Waals surface area contributed by atoms with Crippen molar-refractivity contribution in [1.29, 1.82) is 0 Å². The number of piperazine rings is 1. The monoisotopic (exact) mass is 672 g/mol. The number of nitrogens with one attached hydrogen (secondary N) is 1. The van der Waals surface area contributed by atoms with E-state index >= 15 is 4.39 Å². The zero-order valence-electron chi connectivity index (χ0n) is 26.8. The number of anilines is 1. The Labute approximate surface area is 274 Å². The smallest absolute Gasteiger partial charge is 0.508 e. The number of fused-ring (bicyclic) bond motifs is 4. The van der Waals surface area contributed by atoms with Crippen LogP contribution in [-0.4, -0.2) is 82.2 Å². The first-order valence-electron chi connectivity index (χ1n) is 16.6. The van der Waals surface area contributed by atoms with E-state index in [1.54, 1.807) is 0 Å². The molecule has 6 heterocycles. The molecule has 4 aromatic rings. The molecule has 0 amide bonds. The highest BCUT2D eigenvalue weighted by molar-refractivity contribution is 6.04. The van der Waals surface area contributed by atoms with Gasteiger partial charge in [-0.15, -0.1) is 13.2 Å². The number of phenols is 1. The highest BCUT2D eigenvalue weighted by atomic mass is 19.4. The van der Waals surface area contributed by atoms with E-state index in [0.29, 0.717) is 56.0 Å². The number of alkyl halides is 3. The zero-order chi connectivity index (χ0) is 33.8. The second-order valence-corrected chi connectivity index (χ2v) is 12.6. The summed E-state index contributed by atoms with van der Waals surface area (Å²) < 4.78 is 82.6. The van der Waals surface area contributed by atoms with Gasteiger partial charge in [0.05, 0.1) is 16.6 Å². The van der Waals surface area contributed by atoms with Gasteiger partial charge in [0.25, 0.3) is 0 Å². The number of halogens is 5. The number of aryl methyl sites for hydroxylation is 1. The molecule has 256 valence electrons. The Bertz CT molecular complexity index is 1860. The van der Waals surface area contributed by atoms with Crippen LogP contribution in [0.25, 0.3) is 32.9 Å². The second kappa shape index (κ2) is 12.4. The van der Waals surface area contributed by atoms with E-state index in [2.05, 4.69) is 29.8 Å². The van der Waals surface area contributed by atoms with Crippen molar-refractivity contribution in [3.8, 4) is 28.8 Å². The van der Waals surface area contributed by atoms with Crippen molar-refractivity contribution in [3.05, 3.63) is 41.6 Å². The van der Waals surface area contributed by atoms with E-state index < -0.39 is 23.7 Å². The van der Waals surface area contributed by atoms with Crippen molar-refractivity contribution >= 4 is 27.5 Å². The molecule has 2 aromatic carbocycles. The zero-order valence-corrected chi connectivity index (χ0v) is 26.8. The van der Waals surface area contributed by atoms with Crippen LogP contribution >= 0.6 is 0 Å². The SMILES string of the molecule is CC.Oc1cc(-c2nc3c4c(nc(OCC56CCCN5CCC6)nc4c2F)N2CCNC[C@H]2CC3)c2c(OC(F)(F)F)c(F)ccc2c1.